The Hall–Kier alpha value is -3.17. The number of carbonyl (C=O) groups is 1. The number of rotatable bonds is 9. The van der Waals surface area contributed by atoms with Crippen LogP contribution in [0.3, 0.4) is 0 Å². The number of aliphatic hydroxyl groups excluding tert-OH is 1. The summed E-state index contributed by atoms with van der Waals surface area (Å²) >= 11 is 5.93. The van der Waals surface area contributed by atoms with E-state index in [-0.39, 0.29) is 46.6 Å². The van der Waals surface area contributed by atoms with Gasteiger partial charge in [0, 0.05) is 37.8 Å². The van der Waals surface area contributed by atoms with Gasteiger partial charge in [-0.15, -0.1) is 0 Å². The minimum Gasteiger partial charge on any atom is -0.486 e. The lowest BCUT2D eigenvalue weighted by Gasteiger charge is -2.38. The highest BCUT2D eigenvalue weighted by atomic mass is 35.5. The summed E-state index contributed by atoms with van der Waals surface area (Å²) in [6.45, 7) is 3.21. The monoisotopic (exact) mass is 625 g/mol. The lowest BCUT2D eigenvalue weighted by molar-refractivity contribution is 0.0389. The van der Waals surface area contributed by atoms with Crippen LogP contribution >= 0.6 is 11.6 Å². The van der Waals surface area contributed by atoms with Gasteiger partial charge in [-0.25, -0.2) is 13.4 Å². The van der Waals surface area contributed by atoms with E-state index >= 15 is 0 Å². The fourth-order valence-corrected chi connectivity index (χ4v) is 6.76. The van der Waals surface area contributed by atoms with Crippen molar-refractivity contribution in [2.75, 3.05) is 31.5 Å². The molecular weight excluding hydrogens is 594 g/mol. The molecule has 2 heterocycles. The van der Waals surface area contributed by atoms with Crippen LogP contribution in [0, 0.1) is 5.92 Å². The van der Waals surface area contributed by atoms with Crippen LogP contribution in [0.1, 0.15) is 24.2 Å². The van der Waals surface area contributed by atoms with Crippen molar-refractivity contribution in [3.63, 3.8) is 0 Å². The van der Waals surface area contributed by atoms with Crippen LogP contribution in [0.25, 0.3) is 0 Å². The molecule has 2 N–H and O–H groups in total. The standard InChI is InChI=1S/C26H32ClN5O7S2/c1-17-12-32(18(2)15-33)26(34)21-6-5-7-22(29-40(35,36)24-14-30(3)16-28-24)25(21)39-23(17)13-31(4)41(37,38)20-10-8-19(27)9-11-20/h5-11,14,16-18,23,29,33H,12-13,15H2,1-4H3/t17-,18-,23-/m0/s1. The summed E-state index contributed by atoms with van der Waals surface area (Å²) in [6, 6.07) is 9.65. The van der Waals surface area contributed by atoms with E-state index in [0.717, 1.165) is 4.31 Å². The summed E-state index contributed by atoms with van der Waals surface area (Å²) in [5.74, 6) is -0.946. The number of imidazole rings is 1. The second-order valence-corrected chi connectivity index (χ2v) is 14.1. The molecular formula is C26H32ClN5O7S2. The average Bonchev–Trinajstić information content (AvgIpc) is 3.38. The molecule has 1 amide bonds. The topological polar surface area (TPSA) is 151 Å². The number of aliphatic hydroxyl groups is 1. The second kappa shape index (κ2) is 12.0. The first-order valence-electron chi connectivity index (χ1n) is 12.7. The van der Waals surface area contributed by atoms with E-state index in [0.29, 0.717) is 5.02 Å². The lowest BCUT2D eigenvalue weighted by Crippen LogP contribution is -2.50. The van der Waals surface area contributed by atoms with Gasteiger partial charge in [0.1, 0.15) is 6.10 Å². The molecule has 0 fully saturated rings. The molecule has 41 heavy (non-hydrogen) atoms. The van der Waals surface area contributed by atoms with Crippen LogP contribution in [0.15, 0.2) is 64.9 Å². The first kappa shape index (κ1) is 30.8. The molecule has 2 aromatic carbocycles. The van der Waals surface area contributed by atoms with Crippen molar-refractivity contribution in [3.8, 4) is 5.75 Å². The molecule has 12 nitrogen and oxygen atoms in total. The number of aromatic nitrogens is 2. The number of nitrogens with zero attached hydrogens (tertiary/aromatic N) is 4. The summed E-state index contributed by atoms with van der Waals surface area (Å²) in [4.78, 5) is 19.1. The smallest absolute Gasteiger partial charge is 0.281 e. The van der Waals surface area contributed by atoms with Crippen LogP contribution in [-0.2, 0) is 27.1 Å². The Kier molecular flexibility index (Phi) is 8.99. The molecule has 4 rings (SSSR count). The highest BCUT2D eigenvalue weighted by Gasteiger charge is 2.36. The average molecular weight is 626 g/mol. The van der Waals surface area contributed by atoms with Crippen LogP contribution in [-0.4, -0.2) is 85.5 Å². The van der Waals surface area contributed by atoms with Crippen LogP contribution in [0.2, 0.25) is 5.02 Å². The lowest BCUT2D eigenvalue weighted by atomic mass is 9.99. The number of para-hydroxylation sites is 1. The Labute approximate surface area is 244 Å². The minimum absolute atomic E-state index is 0.0135. The number of carbonyl (C=O) groups excluding carboxylic acids is 1. The van der Waals surface area contributed by atoms with Crippen molar-refractivity contribution in [2.45, 2.75) is 35.9 Å². The number of likely N-dealkylation sites (N-methyl/N-ethyl adjacent to an activating group) is 1. The molecule has 1 aliphatic rings. The highest BCUT2D eigenvalue weighted by Crippen LogP contribution is 2.36. The highest BCUT2D eigenvalue weighted by molar-refractivity contribution is 7.92. The first-order chi connectivity index (χ1) is 19.2. The van der Waals surface area contributed by atoms with Gasteiger partial charge in [0.15, 0.2) is 10.8 Å². The third-order valence-corrected chi connectivity index (χ3v) is 10.2. The zero-order chi connectivity index (χ0) is 30.1. The number of nitrogens with one attached hydrogen (secondary N) is 1. The summed E-state index contributed by atoms with van der Waals surface area (Å²) in [5, 5.41) is 10.0. The van der Waals surface area contributed by atoms with Crippen molar-refractivity contribution in [2.24, 2.45) is 13.0 Å². The van der Waals surface area contributed by atoms with E-state index in [1.165, 1.54) is 71.5 Å². The quantitative estimate of drug-likeness (QED) is 0.368. The molecule has 1 aromatic heterocycles. The summed E-state index contributed by atoms with van der Waals surface area (Å²) in [5.41, 5.74) is 0.0482. The summed E-state index contributed by atoms with van der Waals surface area (Å²) < 4.78 is 64.3. The van der Waals surface area contributed by atoms with E-state index in [2.05, 4.69) is 9.71 Å². The van der Waals surface area contributed by atoms with E-state index in [1.54, 1.807) is 20.9 Å². The number of ether oxygens (including phenoxy) is 1. The largest absolute Gasteiger partial charge is 0.486 e. The van der Waals surface area contributed by atoms with Crippen molar-refractivity contribution in [3.05, 3.63) is 65.6 Å². The van der Waals surface area contributed by atoms with Crippen LogP contribution < -0.4 is 9.46 Å². The molecule has 1 aliphatic heterocycles. The maximum absolute atomic E-state index is 13.7. The van der Waals surface area contributed by atoms with E-state index in [9.17, 15) is 26.7 Å². The molecule has 0 aliphatic carbocycles. The predicted molar refractivity (Wildman–Crippen MR) is 153 cm³/mol. The van der Waals surface area contributed by atoms with Gasteiger partial charge < -0.3 is 19.3 Å². The molecule has 15 heteroatoms. The summed E-state index contributed by atoms with van der Waals surface area (Å²) in [7, 11) is -5.06. The fraction of sp³-hybridized carbons (Fsp3) is 0.385. The van der Waals surface area contributed by atoms with Crippen molar-refractivity contribution in [1.82, 2.24) is 18.8 Å². The number of halogens is 1. The molecule has 0 saturated carbocycles. The van der Waals surface area contributed by atoms with Gasteiger partial charge in [0.25, 0.3) is 15.9 Å². The number of amides is 1. The Morgan fingerprint density at radius 2 is 1.88 bits per heavy atom. The molecule has 0 bridgehead atoms. The first-order valence-corrected chi connectivity index (χ1v) is 16.0. The molecule has 3 atom stereocenters. The van der Waals surface area contributed by atoms with E-state index in [1.807, 2.05) is 0 Å². The zero-order valence-corrected chi connectivity index (χ0v) is 25.3. The second-order valence-electron chi connectivity index (χ2n) is 10.0. The van der Waals surface area contributed by atoms with Crippen LogP contribution in [0.4, 0.5) is 5.69 Å². The summed E-state index contributed by atoms with van der Waals surface area (Å²) in [6.07, 6.45) is 1.85. The third-order valence-electron chi connectivity index (χ3n) is 6.85. The number of sulfonamides is 2. The predicted octanol–water partition coefficient (Wildman–Crippen LogP) is 2.42. The number of aryl methyl sites for hydroxylation is 1. The Bertz CT molecular complexity index is 1630. The zero-order valence-electron chi connectivity index (χ0n) is 22.9. The molecule has 0 saturated heterocycles. The van der Waals surface area contributed by atoms with Gasteiger partial charge in [-0.05, 0) is 43.3 Å². The molecule has 0 spiro atoms. The number of benzene rings is 2. The number of hydrogen-bond acceptors (Lipinski definition) is 8. The maximum Gasteiger partial charge on any atom is 0.281 e. The van der Waals surface area contributed by atoms with Gasteiger partial charge >= 0.3 is 0 Å². The molecule has 3 aromatic rings. The third kappa shape index (κ3) is 6.51. The normalized spacial score (nSPS) is 18.8. The maximum atomic E-state index is 13.7. The van der Waals surface area contributed by atoms with Crippen molar-refractivity contribution in [1.29, 1.82) is 0 Å². The van der Waals surface area contributed by atoms with Gasteiger partial charge in [-0.3, -0.25) is 9.52 Å². The molecule has 0 unspecified atom stereocenters. The Morgan fingerprint density at radius 3 is 2.49 bits per heavy atom. The van der Waals surface area contributed by atoms with Crippen LogP contribution in [0.5, 0.6) is 5.75 Å². The Morgan fingerprint density at radius 1 is 1.20 bits per heavy atom. The van der Waals surface area contributed by atoms with Gasteiger partial charge in [0.05, 0.1) is 41.7 Å². The minimum atomic E-state index is -4.16. The number of fused-ring (bicyclic) bond motifs is 1. The molecule has 0 radical (unpaired) electrons. The van der Waals surface area contributed by atoms with Crippen molar-refractivity contribution < 1.29 is 31.5 Å². The van der Waals surface area contributed by atoms with Gasteiger partial charge in [0.2, 0.25) is 10.0 Å². The molecule has 222 valence electrons. The Balaban J connectivity index is 1.76. The number of hydrogen-bond donors (Lipinski definition) is 2. The van der Waals surface area contributed by atoms with Gasteiger partial charge in [-0.1, -0.05) is 24.6 Å². The number of anilines is 1. The van der Waals surface area contributed by atoms with E-state index < -0.39 is 44.0 Å². The fourth-order valence-electron chi connectivity index (χ4n) is 4.40. The SMILES string of the molecule is C[C@H]1CN([C@@H](C)CO)C(=O)c2cccc(NS(=O)(=O)c3cn(C)cn3)c2O[C@H]1CN(C)S(=O)(=O)c1ccc(Cl)cc1. The van der Waals surface area contributed by atoms with Gasteiger partial charge in [-0.2, -0.15) is 12.7 Å². The van der Waals surface area contributed by atoms with Crippen molar-refractivity contribution >= 4 is 43.2 Å². The van der Waals surface area contributed by atoms with E-state index in [4.69, 9.17) is 16.3 Å².